The summed E-state index contributed by atoms with van der Waals surface area (Å²) < 4.78 is 7.91. The van der Waals surface area contributed by atoms with E-state index < -0.39 is 0 Å². The van der Waals surface area contributed by atoms with Gasteiger partial charge in [0.15, 0.2) is 0 Å². The molecule has 5 heteroatoms. The molecule has 1 unspecified atom stereocenters. The van der Waals surface area contributed by atoms with E-state index in [0.717, 1.165) is 38.4 Å². The molecule has 134 valence electrons. The quantitative estimate of drug-likeness (QED) is 0.711. The lowest BCUT2D eigenvalue weighted by Crippen LogP contribution is -2.38. The van der Waals surface area contributed by atoms with E-state index in [4.69, 9.17) is 4.74 Å². The molecule has 1 aromatic carbocycles. The number of aryl methyl sites for hydroxylation is 1. The molecule has 5 nitrogen and oxygen atoms in total. The molecule has 3 heterocycles. The molecule has 1 atom stereocenters. The zero-order valence-electron chi connectivity index (χ0n) is 15.1. The largest absolute Gasteiger partial charge is 0.369 e. The van der Waals surface area contributed by atoms with Gasteiger partial charge < -0.3 is 4.74 Å². The molecular formula is C21H24N4O. The summed E-state index contributed by atoms with van der Waals surface area (Å²) in [5, 5.41) is 4.25. The van der Waals surface area contributed by atoms with Gasteiger partial charge in [-0.1, -0.05) is 36.4 Å². The van der Waals surface area contributed by atoms with Crippen molar-refractivity contribution in [1.82, 2.24) is 19.7 Å². The molecule has 1 aliphatic heterocycles. The molecular weight excluding hydrogens is 324 g/mol. The molecule has 0 radical (unpaired) electrons. The molecule has 3 aromatic rings. The van der Waals surface area contributed by atoms with E-state index in [0.29, 0.717) is 0 Å². The number of nitrogens with zero attached hydrogens (tertiary/aromatic N) is 4. The number of ether oxygens (including phenoxy) is 1. The van der Waals surface area contributed by atoms with Gasteiger partial charge in [-0.3, -0.25) is 14.6 Å². The van der Waals surface area contributed by atoms with Crippen molar-refractivity contribution in [3.05, 3.63) is 83.4 Å². The molecule has 0 bridgehead atoms. The Morgan fingerprint density at radius 1 is 1.08 bits per heavy atom. The first-order chi connectivity index (χ1) is 12.8. The maximum absolute atomic E-state index is 5.98. The lowest BCUT2D eigenvalue weighted by Gasteiger charge is -2.32. The number of morpholine rings is 1. The van der Waals surface area contributed by atoms with Crippen molar-refractivity contribution >= 4 is 0 Å². The molecule has 4 rings (SSSR count). The molecule has 0 spiro atoms. The number of rotatable bonds is 5. The minimum Gasteiger partial charge on any atom is -0.369 e. The minimum atomic E-state index is 0.0303. The number of hydrogen-bond donors (Lipinski definition) is 0. The van der Waals surface area contributed by atoms with Crippen LogP contribution in [0, 0.1) is 0 Å². The fourth-order valence-corrected chi connectivity index (χ4v) is 3.37. The van der Waals surface area contributed by atoms with Crippen LogP contribution >= 0.6 is 0 Å². The third kappa shape index (κ3) is 4.00. The first-order valence-electron chi connectivity index (χ1n) is 9.07. The van der Waals surface area contributed by atoms with Crippen LogP contribution in [0.5, 0.6) is 0 Å². The van der Waals surface area contributed by atoms with Crippen molar-refractivity contribution in [2.45, 2.75) is 19.1 Å². The zero-order valence-corrected chi connectivity index (χ0v) is 15.1. The van der Waals surface area contributed by atoms with Crippen molar-refractivity contribution in [2.24, 2.45) is 7.05 Å². The highest BCUT2D eigenvalue weighted by Crippen LogP contribution is 2.22. The summed E-state index contributed by atoms with van der Waals surface area (Å²) in [6, 6.07) is 16.8. The predicted molar refractivity (Wildman–Crippen MR) is 101 cm³/mol. The molecule has 1 aliphatic rings. The van der Waals surface area contributed by atoms with Gasteiger partial charge in [0, 0.05) is 39.1 Å². The van der Waals surface area contributed by atoms with Gasteiger partial charge in [-0.2, -0.15) is 5.10 Å². The van der Waals surface area contributed by atoms with Gasteiger partial charge in [0.25, 0.3) is 0 Å². The SMILES string of the molecule is Cn1nccc1CN1CCOC(c2ccc(Cc3ccccc3)cn2)C1. The van der Waals surface area contributed by atoms with Crippen molar-refractivity contribution in [3.63, 3.8) is 0 Å². The monoisotopic (exact) mass is 348 g/mol. The highest BCUT2D eigenvalue weighted by atomic mass is 16.5. The van der Waals surface area contributed by atoms with E-state index in [1.54, 1.807) is 0 Å². The number of hydrogen-bond acceptors (Lipinski definition) is 4. The van der Waals surface area contributed by atoms with Crippen LogP contribution in [-0.4, -0.2) is 39.4 Å². The van der Waals surface area contributed by atoms with E-state index >= 15 is 0 Å². The highest BCUT2D eigenvalue weighted by molar-refractivity contribution is 5.25. The first kappa shape index (κ1) is 16.9. The van der Waals surface area contributed by atoms with Crippen molar-refractivity contribution in [3.8, 4) is 0 Å². The summed E-state index contributed by atoms with van der Waals surface area (Å²) in [5.74, 6) is 0. The normalized spacial score (nSPS) is 18.1. The second-order valence-electron chi connectivity index (χ2n) is 6.79. The summed E-state index contributed by atoms with van der Waals surface area (Å²) in [7, 11) is 1.99. The van der Waals surface area contributed by atoms with Crippen LogP contribution in [0.15, 0.2) is 60.9 Å². The van der Waals surface area contributed by atoms with E-state index in [9.17, 15) is 0 Å². The predicted octanol–water partition coefficient (Wildman–Crippen LogP) is 2.98. The Labute approximate surface area is 154 Å². The Kier molecular flexibility index (Phi) is 5.09. The average Bonchev–Trinajstić information content (AvgIpc) is 3.08. The molecule has 0 saturated carbocycles. The second-order valence-corrected chi connectivity index (χ2v) is 6.79. The molecule has 2 aromatic heterocycles. The Morgan fingerprint density at radius 2 is 1.96 bits per heavy atom. The third-order valence-corrected chi connectivity index (χ3v) is 4.89. The van der Waals surface area contributed by atoms with Gasteiger partial charge in [0.2, 0.25) is 0 Å². The topological polar surface area (TPSA) is 43.2 Å². The van der Waals surface area contributed by atoms with Gasteiger partial charge in [0.1, 0.15) is 6.10 Å². The summed E-state index contributed by atoms with van der Waals surface area (Å²) in [6.45, 7) is 3.42. The van der Waals surface area contributed by atoms with Crippen molar-refractivity contribution in [1.29, 1.82) is 0 Å². The first-order valence-corrected chi connectivity index (χ1v) is 9.07. The molecule has 0 N–H and O–H groups in total. The lowest BCUT2D eigenvalue weighted by molar-refractivity contribution is -0.0356. The van der Waals surface area contributed by atoms with E-state index in [1.165, 1.54) is 16.8 Å². The Hall–Kier alpha value is -2.50. The molecule has 0 aliphatic carbocycles. The van der Waals surface area contributed by atoms with Gasteiger partial charge in [0.05, 0.1) is 18.0 Å². The fraction of sp³-hybridized carbons (Fsp3) is 0.333. The second kappa shape index (κ2) is 7.81. The van der Waals surface area contributed by atoms with Gasteiger partial charge in [-0.25, -0.2) is 0 Å². The van der Waals surface area contributed by atoms with Crippen molar-refractivity contribution in [2.75, 3.05) is 19.7 Å². The van der Waals surface area contributed by atoms with E-state index in [-0.39, 0.29) is 6.10 Å². The standard InChI is InChI=1S/C21H24N4O/c1-24-19(9-10-23-24)15-25-11-12-26-21(16-25)20-8-7-18(14-22-20)13-17-5-3-2-4-6-17/h2-10,14,21H,11-13,15-16H2,1H3. The maximum Gasteiger partial charge on any atom is 0.112 e. The van der Waals surface area contributed by atoms with E-state index in [2.05, 4.69) is 57.4 Å². The Bertz CT molecular complexity index is 829. The summed E-state index contributed by atoms with van der Waals surface area (Å²) in [5.41, 5.74) is 4.76. The third-order valence-electron chi connectivity index (χ3n) is 4.89. The summed E-state index contributed by atoms with van der Waals surface area (Å²) in [4.78, 5) is 7.09. The smallest absolute Gasteiger partial charge is 0.112 e. The number of benzene rings is 1. The van der Waals surface area contributed by atoms with Gasteiger partial charge in [-0.05, 0) is 29.7 Å². The molecule has 1 saturated heterocycles. The van der Waals surface area contributed by atoms with Gasteiger partial charge in [-0.15, -0.1) is 0 Å². The lowest BCUT2D eigenvalue weighted by atomic mass is 10.1. The van der Waals surface area contributed by atoms with Crippen LogP contribution in [0.3, 0.4) is 0 Å². The number of pyridine rings is 1. The van der Waals surface area contributed by atoms with Crippen LogP contribution in [0.2, 0.25) is 0 Å². The Balaban J connectivity index is 1.39. The Morgan fingerprint density at radius 3 is 2.69 bits per heavy atom. The molecule has 0 amide bonds. The van der Waals surface area contributed by atoms with Crippen LogP contribution in [0.1, 0.15) is 28.6 Å². The number of aromatic nitrogens is 3. The minimum absolute atomic E-state index is 0.0303. The van der Waals surface area contributed by atoms with Crippen LogP contribution in [-0.2, 0) is 24.8 Å². The van der Waals surface area contributed by atoms with E-state index in [1.807, 2.05) is 30.2 Å². The highest BCUT2D eigenvalue weighted by Gasteiger charge is 2.23. The van der Waals surface area contributed by atoms with Gasteiger partial charge >= 0.3 is 0 Å². The average molecular weight is 348 g/mol. The van der Waals surface area contributed by atoms with Crippen LogP contribution in [0.4, 0.5) is 0 Å². The zero-order chi connectivity index (χ0) is 17.8. The summed E-state index contributed by atoms with van der Waals surface area (Å²) >= 11 is 0. The van der Waals surface area contributed by atoms with Crippen LogP contribution < -0.4 is 0 Å². The maximum atomic E-state index is 5.98. The summed E-state index contributed by atoms with van der Waals surface area (Å²) in [6.07, 6.45) is 4.76. The van der Waals surface area contributed by atoms with Crippen molar-refractivity contribution < 1.29 is 4.74 Å². The fourth-order valence-electron chi connectivity index (χ4n) is 3.37. The molecule has 1 fully saturated rings. The molecule has 26 heavy (non-hydrogen) atoms. The van der Waals surface area contributed by atoms with Crippen LogP contribution in [0.25, 0.3) is 0 Å².